The number of amides is 1. The molecule has 11 heteroatoms. The van der Waals surface area contributed by atoms with Crippen molar-refractivity contribution in [3.8, 4) is 22.7 Å². The lowest BCUT2D eigenvalue weighted by Gasteiger charge is -2.32. The molecule has 2 heterocycles. The van der Waals surface area contributed by atoms with Gasteiger partial charge >= 0.3 is 5.97 Å². The van der Waals surface area contributed by atoms with E-state index in [1.54, 1.807) is 53.4 Å². The molecule has 0 radical (unpaired) electrons. The number of benzene rings is 3. The summed E-state index contributed by atoms with van der Waals surface area (Å²) in [4.78, 5) is 27.3. The predicted molar refractivity (Wildman–Crippen MR) is 146 cm³/mol. The molecule has 1 aliphatic heterocycles. The fourth-order valence-corrected chi connectivity index (χ4v) is 5.05. The Kier molecular flexibility index (Phi) is 8.04. The van der Waals surface area contributed by atoms with Gasteiger partial charge < -0.3 is 14.7 Å². The molecule has 7 nitrogen and oxygen atoms in total. The Morgan fingerprint density at radius 3 is 2.33 bits per heavy atom. The number of ether oxygens (including phenoxy) is 1. The van der Waals surface area contributed by atoms with Gasteiger partial charge in [-0.2, -0.15) is 5.10 Å². The van der Waals surface area contributed by atoms with Crippen LogP contribution in [0.2, 0.25) is 10.0 Å². The maximum atomic E-state index is 13.8. The van der Waals surface area contributed by atoms with Crippen LogP contribution in [0.3, 0.4) is 0 Å². The highest BCUT2D eigenvalue weighted by Gasteiger charge is 2.32. The van der Waals surface area contributed by atoms with Crippen molar-refractivity contribution in [2.45, 2.75) is 25.4 Å². The standard InChI is InChI=1S/C29H23Cl2F2N3O4/c30-18-7-5-17(6-8-18)28-21(16-26(37)38)27(34-36(28)25-4-2-1-3-22(25)31)29(39)35-13-11-19(12-14-35)40-20-9-10-23(32)24(33)15-20/h1-10,15,19H,11-14,16H2,(H,37,38). The van der Waals surface area contributed by atoms with Crippen LogP contribution in [-0.4, -0.2) is 50.9 Å². The zero-order chi connectivity index (χ0) is 28.4. The SMILES string of the molecule is O=C(O)Cc1c(C(=O)N2CCC(Oc3ccc(F)c(F)c3)CC2)nn(-c2ccccc2Cl)c1-c1ccc(Cl)cc1. The Morgan fingerprint density at radius 2 is 1.68 bits per heavy atom. The van der Waals surface area contributed by atoms with E-state index in [4.69, 9.17) is 27.9 Å². The Bertz CT molecular complexity index is 1570. The van der Waals surface area contributed by atoms with Crippen molar-refractivity contribution in [2.75, 3.05) is 13.1 Å². The van der Waals surface area contributed by atoms with Crippen LogP contribution in [0.1, 0.15) is 28.9 Å². The van der Waals surface area contributed by atoms with E-state index >= 15 is 0 Å². The van der Waals surface area contributed by atoms with Gasteiger partial charge in [-0.15, -0.1) is 0 Å². The van der Waals surface area contributed by atoms with Gasteiger partial charge in [0.25, 0.3) is 5.91 Å². The second-order valence-electron chi connectivity index (χ2n) is 9.30. The molecule has 0 spiro atoms. The number of rotatable bonds is 7. The zero-order valence-electron chi connectivity index (χ0n) is 21.0. The highest BCUT2D eigenvalue weighted by Crippen LogP contribution is 2.34. The van der Waals surface area contributed by atoms with Crippen LogP contribution in [0.5, 0.6) is 5.75 Å². The van der Waals surface area contributed by atoms with Crippen LogP contribution in [0.15, 0.2) is 66.7 Å². The van der Waals surface area contributed by atoms with Crippen LogP contribution >= 0.6 is 23.2 Å². The van der Waals surface area contributed by atoms with E-state index in [-0.39, 0.29) is 23.1 Å². The first-order valence-corrected chi connectivity index (χ1v) is 13.2. The van der Waals surface area contributed by atoms with Crippen molar-refractivity contribution in [1.82, 2.24) is 14.7 Å². The topological polar surface area (TPSA) is 84.7 Å². The Labute approximate surface area is 238 Å². The van der Waals surface area contributed by atoms with E-state index in [0.717, 1.165) is 12.1 Å². The predicted octanol–water partition coefficient (Wildman–Crippen LogP) is 6.44. The number of piperidine rings is 1. The number of aromatic nitrogens is 2. The fourth-order valence-electron chi connectivity index (χ4n) is 4.71. The minimum Gasteiger partial charge on any atom is -0.490 e. The molecule has 3 aromatic carbocycles. The van der Waals surface area contributed by atoms with Gasteiger partial charge in [0.05, 0.1) is 22.8 Å². The maximum Gasteiger partial charge on any atom is 0.307 e. The lowest BCUT2D eigenvalue weighted by Crippen LogP contribution is -2.42. The Morgan fingerprint density at radius 1 is 0.975 bits per heavy atom. The van der Waals surface area contributed by atoms with Crippen molar-refractivity contribution < 1.29 is 28.2 Å². The fraction of sp³-hybridized carbons (Fsp3) is 0.207. The number of para-hydroxylation sites is 1. The molecule has 0 atom stereocenters. The maximum absolute atomic E-state index is 13.8. The molecule has 1 aliphatic rings. The molecule has 206 valence electrons. The Hall–Kier alpha value is -3.95. The molecule has 0 bridgehead atoms. The number of likely N-dealkylation sites (tertiary alicyclic amines) is 1. The van der Waals surface area contributed by atoms with Crippen LogP contribution in [0.25, 0.3) is 16.9 Å². The number of halogens is 4. The summed E-state index contributed by atoms with van der Waals surface area (Å²) in [6.45, 7) is 0.601. The van der Waals surface area contributed by atoms with E-state index in [2.05, 4.69) is 5.10 Å². The molecule has 4 aromatic rings. The first-order valence-electron chi connectivity index (χ1n) is 12.5. The van der Waals surface area contributed by atoms with Crippen molar-refractivity contribution in [1.29, 1.82) is 0 Å². The van der Waals surface area contributed by atoms with Gasteiger partial charge in [-0.3, -0.25) is 9.59 Å². The first-order chi connectivity index (χ1) is 19.2. The lowest BCUT2D eigenvalue weighted by molar-refractivity contribution is -0.136. The van der Waals surface area contributed by atoms with E-state index in [0.29, 0.717) is 52.9 Å². The minimum atomic E-state index is -1.12. The van der Waals surface area contributed by atoms with Crippen LogP contribution in [0.4, 0.5) is 8.78 Å². The second-order valence-corrected chi connectivity index (χ2v) is 10.1. The van der Waals surface area contributed by atoms with Crippen LogP contribution < -0.4 is 4.74 Å². The van der Waals surface area contributed by atoms with Crippen LogP contribution in [0, 0.1) is 11.6 Å². The zero-order valence-corrected chi connectivity index (χ0v) is 22.5. The normalized spacial score (nSPS) is 13.8. The molecular formula is C29H23Cl2F2N3O4. The number of carboxylic acids is 1. The molecule has 0 saturated carbocycles. The molecule has 1 saturated heterocycles. The molecule has 1 amide bonds. The molecule has 5 rings (SSSR count). The summed E-state index contributed by atoms with van der Waals surface area (Å²) in [6.07, 6.45) is 0.125. The van der Waals surface area contributed by atoms with Gasteiger partial charge in [0.15, 0.2) is 17.3 Å². The number of carbonyl (C=O) groups is 2. The number of carboxylic acid groups (broad SMARTS) is 1. The third-order valence-corrected chi connectivity index (χ3v) is 7.21. The summed E-state index contributed by atoms with van der Waals surface area (Å²) in [5.41, 5.74) is 1.78. The number of hydrogen-bond donors (Lipinski definition) is 1. The summed E-state index contributed by atoms with van der Waals surface area (Å²) >= 11 is 12.6. The molecule has 1 fully saturated rings. The van der Waals surface area contributed by atoms with Crippen molar-refractivity contribution in [3.05, 3.63) is 99.7 Å². The second kappa shape index (κ2) is 11.7. The monoisotopic (exact) mass is 585 g/mol. The van der Waals surface area contributed by atoms with Crippen molar-refractivity contribution >= 4 is 35.1 Å². The van der Waals surface area contributed by atoms with Gasteiger partial charge in [-0.05, 0) is 36.4 Å². The third-order valence-electron chi connectivity index (χ3n) is 6.64. The highest BCUT2D eigenvalue weighted by molar-refractivity contribution is 6.32. The van der Waals surface area contributed by atoms with Crippen molar-refractivity contribution in [2.24, 2.45) is 0 Å². The van der Waals surface area contributed by atoms with Gasteiger partial charge in [0, 0.05) is 48.1 Å². The summed E-state index contributed by atoms with van der Waals surface area (Å²) < 4.78 is 34.1. The molecule has 40 heavy (non-hydrogen) atoms. The Balaban J connectivity index is 1.47. The molecular weight excluding hydrogens is 563 g/mol. The van der Waals surface area contributed by atoms with Crippen LogP contribution in [-0.2, 0) is 11.2 Å². The van der Waals surface area contributed by atoms with E-state index in [1.165, 1.54) is 10.7 Å². The highest BCUT2D eigenvalue weighted by atomic mass is 35.5. The van der Waals surface area contributed by atoms with Gasteiger partial charge in [0.2, 0.25) is 0 Å². The van der Waals surface area contributed by atoms with Crippen molar-refractivity contribution in [3.63, 3.8) is 0 Å². The lowest BCUT2D eigenvalue weighted by atomic mass is 10.0. The molecule has 1 aromatic heterocycles. The van der Waals surface area contributed by atoms with E-state index in [1.807, 2.05) is 0 Å². The summed E-state index contributed by atoms with van der Waals surface area (Å²) in [7, 11) is 0. The number of hydrogen-bond acceptors (Lipinski definition) is 4. The smallest absolute Gasteiger partial charge is 0.307 e. The van der Waals surface area contributed by atoms with Gasteiger partial charge in [-0.25, -0.2) is 13.5 Å². The van der Waals surface area contributed by atoms with Gasteiger partial charge in [-0.1, -0.05) is 47.5 Å². The number of aliphatic carboxylic acids is 1. The average Bonchev–Trinajstić information content (AvgIpc) is 3.29. The van der Waals surface area contributed by atoms with E-state index < -0.39 is 29.9 Å². The largest absolute Gasteiger partial charge is 0.490 e. The summed E-state index contributed by atoms with van der Waals surface area (Å²) in [5, 5.41) is 15.2. The quantitative estimate of drug-likeness (QED) is 0.270. The minimum absolute atomic E-state index is 0.00671. The van der Waals surface area contributed by atoms with E-state index in [9.17, 15) is 23.5 Å². The molecule has 0 unspecified atom stereocenters. The number of carbonyl (C=O) groups excluding carboxylic acids is 1. The summed E-state index contributed by atoms with van der Waals surface area (Å²) in [5.74, 6) is -3.30. The molecule has 0 aliphatic carbocycles. The third kappa shape index (κ3) is 5.80. The first kappa shape index (κ1) is 27.6. The van der Waals surface area contributed by atoms with Gasteiger partial charge in [0.1, 0.15) is 11.9 Å². The average molecular weight is 586 g/mol. The number of nitrogens with zero attached hydrogens (tertiary/aromatic N) is 3. The molecule has 1 N–H and O–H groups in total. The summed E-state index contributed by atoms with van der Waals surface area (Å²) in [6, 6.07) is 17.1.